The Morgan fingerprint density at radius 3 is 2.16 bits per heavy atom. The first-order valence-electron chi connectivity index (χ1n) is 10.9. The van der Waals surface area contributed by atoms with Gasteiger partial charge in [0, 0.05) is 16.1 Å². The number of hydrogen-bond acceptors (Lipinski definition) is 4. The van der Waals surface area contributed by atoms with Crippen molar-refractivity contribution in [2.24, 2.45) is 0 Å². The molecule has 0 unspecified atom stereocenters. The van der Waals surface area contributed by atoms with Crippen LogP contribution in [0, 0.1) is 0 Å². The van der Waals surface area contributed by atoms with Crippen molar-refractivity contribution >= 4 is 29.3 Å². The van der Waals surface area contributed by atoms with Crippen LogP contribution in [0.25, 0.3) is 11.1 Å². The average Bonchev–Trinajstić information content (AvgIpc) is 3.11. The zero-order chi connectivity index (χ0) is 28.0. The number of ether oxygens (including phenoxy) is 2. The molecule has 3 aromatic rings. The van der Waals surface area contributed by atoms with E-state index >= 15 is 0 Å². The fourth-order valence-electron chi connectivity index (χ4n) is 4.20. The highest BCUT2D eigenvalue weighted by molar-refractivity contribution is 6.31. The van der Waals surface area contributed by atoms with Gasteiger partial charge in [0.1, 0.15) is 17.0 Å². The Labute approximate surface area is 222 Å². The van der Waals surface area contributed by atoms with Gasteiger partial charge in [-0.05, 0) is 61.0 Å². The van der Waals surface area contributed by atoms with E-state index in [4.69, 9.17) is 32.7 Å². The smallest absolute Gasteiger partial charge is 0.416 e. The van der Waals surface area contributed by atoms with E-state index in [1.54, 1.807) is 24.3 Å². The lowest BCUT2D eigenvalue weighted by atomic mass is 9.97. The second-order valence-corrected chi connectivity index (χ2v) is 9.31. The van der Waals surface area contributed by atoms with Crippen LogP contribution >= 0.6 is 23.2 Å². The molecular formula is C25H18Cl2F6N2O3. The fourth-order valence-corrected chi connectivity index (χ4v) is 4.53. The molecule has 1 saturated heterocycles. The quantitative estimate of drug-likeness (QED) is 0.226. The van der Waals surface area contributed by atoms with Crippen LogP contribution in [0.2, 0.25) is 10.2 Å². The SMILES string of the molecule is COc1ccc(Cl)cc1-c1ccc(Cl)nc1CN1C(=O)O[C@H](c2cc(C(F)(F)F)cc(C(F)(F)F)c2)[C@@H]1C. The van der Waals surface area contributed by atoms with Crippen molar-refractivity contribution in [1.29, 1.82) is 0 Å². The largest absolute Gasteiger partial charge is 0.496 e. The highest BCUT2D eigenvalue weighted by atomic mass is 35.5. The number of methoxy groups -OCH3 is 1. The second kappa shape index (κ2) is 10.2. The summed E-state index contributed by atoms with van der Waals surface area (Å²) in [6.07, 6.45) is -12.4. The van der Waals surface area contributed by atoms with Crippen LogP contribution < -0.4 is 4.74 Å². The summed E-state index contributed by atoms with van der Waals surface area (Å²) in [6, 6.07) is 8.16. The van der Waals surface area contributed by atoms with Crippen LogP contribution in [0.1, 0.15) is 35.4 Å². The Balaban J connectivity index is 1.72. The Bertz CT molecular complexity index is 1350. The summed E-state index contributed by atoms with van der Waals surface area (Å²) in [5.74, 6) is 0.443. The Kier molecular flexibility index (Phi) is 7.46. The first-order valence-corrected chi connectivity index (χ1v) is 11.7. The van der Waals surface area contributed by atoms with Crippen molar-refractivity contribution in [2.45, 2.75) is 38.0 Å². The summed E-state index contributed by atoms with van der Waals surface area (Å²) in [5, 5.41) is 0.481. The molecule has 0 spiro atoms. The number of halogens is 8. The van der Waals surface area contributed by atoms with E-state index < -0.39 is 47.3 Å². The number of rotatable bonds is 5. The number of nitrogens with zero attached hydrogens (tertiary/aromatic N) is 2. The molecule has 1 fully saturated rings. The summed E-state index contributed by atoms with van der Waals surface area (Å²) in [7, 11) is 1.45. The molecule has 2 aromatic carbocycles. The lowest BCUT2D eigenvalue weighted by Crippen LogP contribution is -2.32. The van der Waals surface area contributed by atoms with Gasteiger partial charge in [-0.15, -0.1) is 0 Å². The van der Waals surface area contributed by atoms with Gasteiger partial charge in [0.2, 0.25) is 0 Å². The van der Waals surface area contributed by atoms with E-state index in [0.29, 0.717) is 34.0 Å². The van der Waals surface area contributed by atoms with Gasteiger partial charge in [-0.2, -0.15) is 26.3 Å². The third kappa shape index (κ3) is 5.63. The summed E-state index contributed by atoms with van der Waals surface area (Å²) in [4.78, 5) is 18.2. The minimum absolute atomic E-state index is 0.0171. The molecule has 13 heteroatoms. The third-order valence-electron chi connectivity index (χ3n) is 6.04. The Morgan fingerprint density at radius 1 is 0.947 bits per heavy atom. The Morgan fingerprint density at radius 2 is 1.58 bits per heavy atom. The summed E-state index contributed by atoms with van der Waals surface area (Å²) in [5.41, 5.74) is -2.14. The van der Waals surface area contributed by atoms with Gasteiger partial charge < -0.3 is 9.47 Å². The van der Waals surface area contributed by atoms with E-state index in [-0.39, 0.29) is 23.5 Å². The van der Waals surface area contributed by atoms with E-state index in [9.17, 15) is 31.1 Å². The maximum Gasteiger partial charge on any atom is 0.416 e. The predicted molar refractivity (Wildman–Crippen MR) is 127 cm³/mol. The van der Waals surface area contributed by atoms with Gasteiger partial charge in [-0.3, -0.25) is 4.90 Å². The van der Waals surface area contributed by atoms with Crippen LogP contribution in [0.4, 0.5) is 31.1 Å². The molecule has 0 radical (unpaired) electrons. The van der Waals surface area contributed by atoms with E-state index in [1.807, 2.05) is 0 Å². The lowest BCUT2D eigenvalue weighted by Gasteiger charge is -2.23. The number of pyridine rings is 1. The van der Waals surface area contributed by atoms with Crippen LogP contribution in [-0.2, 0) is 23.6 Å². The van der Waals surface area contributed by atoms with Crippen molar-refractivity contribution in [3.63, 3.8) is 0 Å². The second-order valence-electron chi connectivity index (χ2n) is 8.48. The molecule has 202 valence electrons. The standard InChI is InChI=1S/C25H18Cl2F6N2O3/c1-12-22(13-7-14(24(28,29)30)9-15(8-13)25(31,32)33)38-23(36)35(12)11-19-17(4-6-21(27)34-19)18-10-16(26)3-5-20(18)37-2/h3-10,12,22H,11H2,1-2H3/t12-,22-/m0/s1. The fraction of sp³-hybridized carbons (Fsp3) is 0.280. The molecule has 1 amide bonds. The minimum atomic E-state index is -5.04. The monoisotopic (exact) mass is 578 g/mol. The molecule has 4 rings (SSSR count). The maximum atomic E-state index is 13.4. The van der Waals surface area contributed by atoms with E-state index in [1.165, 1.54) is 20.1 Å². The number of aromatic nitrogens is 1. The zero-order valence-electron chi connectivity index (χ0n) is 19.6. The van der Waals surface area contributed by atoms with Gasteiger partial charge in [0.05, 0.1) is 36.5 Å². The average molecular weight is 579 g/mol. The normalized spacial score (nSPS) is 18.1. The minimum Gasteiger partial charge on any atom is -0.496 e. The molecule has 1 aliphatic rings. The van der Waals surface area contributed by atoms with Crippen molar-refractivity contribution in [3.05, 3.63) is 81.1 Å². The maximum absolute atomic E-state index is 13.4. The number of amides is 1. The molecule has 0 bridgehead atoms. The van der Waals surface area contributed by atoms with Crippen LogP contribution in [0.15, 0.2) is 48.5 Å². The first-order chi connectivity index (χ1) is 17.7. The van der Waals surface area contributed by atoms with Crippen molar-refractivity contribution in [1.82, 2.24) is 9.88 Å². The molecule has 2 atom stereocenters. The summed E-state index contributed by atoms with van der Waals surface area (Å²) < 4.78 is 90.9. The number of benzene rings is 2. The predicted octanol–water partition coefficient (Wildman–Crippen LogP) is 8.18. The van der Waals surface area contributed by atoms with Crippen LogP contribution in [0.3, 0.4) is 0 Å². The lowest BCUT2D eigenvalue weighted by molar-refractivity contribution is -0.143. The van der Waals surface area contributed by atoms with Gasteiger partial charge in [0.25, 0.3) is 0 Å². The number of alkyl halides is 6. The molecule has 0 N–H and O–H groups in total. The van der Waals surface area contributed by atoms with E-state index in [2.05, 4.69) is 4.98 Å². The molecule has 5 nitrogen and oxygen atoms in total. The molecule has 1 aromatic heterocycles. The number of hydrogen-bond donors (Lipinski definition) is 0. The van der Waals surface area contributed by atoms with Crippen molar-refractivity contribution in [3.8, 4) is 16.9 Å². The summed E-state index contributed by atoms with van der Waals surface area (Å²) in [6.45, 7) is 1.24. The van der Waals surface area contributed by atoms with E-state index in [0.717, 1.165) is 4.90 Å². The van der Waals surface area contributed by atoms with Gasteiger partial charge >= 0.3 is 18.4 Å². The van der Waals surface area contributed by atoms with Crippen molar-refractivity contribution < 1.29 is 40.6 Å². The van der Waals surface area contributed by atoms with Crippen LogP contribution in [0.5, 0.6) is 5.75 Å². The van der Waals surface area contributed by atoms with Gasteiger partial charge in [-0.1, -0.05) is 23.2 Å². The molecule has 38 heavy (non-hydrogen) atoms. The Hall–Kier alpha value is -3.18. The van der Waals surface area contributed by atoms with Gasteiger partial charge in [0.15, 0.2) is 0 Å². The zero-order valence-corrected chi connectivity index (χ0v) is 21.1. The summed E-state index contributed by atoms with van der Waals surface area (Å²) >= 11 is 12.2. The molecule has 2 heterocycles. The molecular weight excluding hydrogens is 561 g/mol. The third-order valence-corrected chi connectivity index (χ3v) is 6.49. The van der Waals surface area contributed by atoms with Crippen molar-refractivity contribution in [2.75, 3.05) is 7.11 Å². The van der Waals surface area contributed by atoms with Crippen LogP contribution in [-0.4, -0.2) is 29.1 Å². The molecule has 0 saturated carbocycles. The topological polar surface area (TPSA) is 51.7 Å². The molecule has 0 aliphatic carbocycles. The highest BCUT2D eigenvalue weighted by Crippen LogP contribution is 2.42. The number of cyclic esters (lactones) is 1. The van der Waals surface area contributed by atoms with Gasteiger partial charge in [-0.25, -0.2) is 9.78 Å². The first kappa shape index (κ1) is 27.8. The molecule has 1 aliphatic heterocycles. The highest BCUT2D eigenvalue weighted by Gasteiger charge is 2.43. The number of carbonyl (C=O) groups is 1. The number of carbonyl (C=O) groups excluding carboxylic acids is 1.